The molecule has 0 bridgehead atoms. The molecule has 0 aliphatic carbocycles. The highest BCUT2D eigenvalue weighted by Gasteiger charge is 2.22. The van der Waals surface area contributed by atoms with Crippen LogP contribution in [0, 0.1) is 0 Å². The van der Waals surface area contributed by atoms with E-state index in [1.807, 2.05) is 41.0 Å². The average Bonchev–Trinajstić information content (AvgIpc) is 3.04. The second-order valence-corrected chi connectivity index (χ2v) is 6.46. The number of nitrogens with zero attached hydrogens (tertiary/aromatic N) is 5. The number of benzene rings is 1. The maximum atomic E-state index is 9.63. The monoisotopic (exact) mass is 392 g/mol. The Morgan fingerprint density at radius 2 is 1.75 bits per heavy atom. The van der Waals surface area contributed by atoms with Gasteiger partial charge in [-0.2, -0.15) is 4.99 Å². The number of aliphatic hydroxyl groups excluding tert-OH is 1. The molecule has 0 saturated heterocycles. The molecule has 0 aliphatic rings. The number of nitrogens with two attached hydrogens (primary N) is 1. The van der Waals surface area contributed by atoms with Crippen LogP contribution >= 0.6 is 11.6 Å². The van der Waals surface area contributed by atoms with E-state index < -0.39 is 0 Å². The fourth-order valence-electron chi connectivity index (χ4n) is 3.17. The van der Waals surface area contributed by atoms with Gasteiger partial charge in [0, 0.05) is 35.7 Å². The molecule has 4 rings (SSSR count). The minimum atomic E-state index is -0.0547. The lowest BCUT2D eigenvalue weighted by Crippen LogP contribution is -2.20. The highest BCUT2D eigenvalue weighted by molar-refractivity contribution is 6.30. The lowest BCUT2D eigenvalue weighted by Gasteiger charge is -2.11. The standard InChI is InChI=1S/C20H17ClN6O/c21-14-6-4-13(5-7-14)16-17-15(3-1-8-23-17)27(11-12-28)18(16)19(22)26-20-24-9-2-10-25-20/h1-10,28H,11-12H2,(H2,22,24,25,26). The summed E-state index contributed by atoms with van der Waals surface area (Å²) in [5, 5.41) is 10.3. The van der Waals surface area contributed by atoms with Gasteiger partial charge in [0.25, 0.3) is 5.95 Å². The van der Waals surface area contributed by atoms with E-state index >= 15 is 0 Å². The summed E-state index contributed by atoms with van der Waals surface area (Å²) in [7, 11) is 0. The fourth-order valence-corrected chi connectivity index (χ4v) is 3.30. The first kappa shape index (κ1) is 18.1. The van der Waals surface area contributed by atoms with Gasteiger partial charge in [-0.3, -0.25) is 4.98 Å². The Kier molecular flexibility index (Phi) is 5.01. The molecule has 0 atom stereocenters. The highest BCUT2D eigenvalue weighted by Crippen LogP contribution is 2.34. The smallest absolute Gasteiger partial charge is 0.251 e. The number of pyridine rings is 1. The first-order chi connectivity index (χ1) is 13.7. The van der Waals surface area contributed by atoms with Gasteiger partial charge in [-0.05, 0) is 35.9 Å². The molecule has 4 aromatic rings. The number of halogens is 1. The van der Waals surface area contributed by atoms with Crippen molar-refractivity contribution in [3.8, 4) is 11.1 Å². The number of aromatic nitrogens is 4. The highest BCUT2D eigenvalue weighted by atomic mass is 35.5. The SMILES string of the molecule is NC(=Nc1ncccn1)c1c(-c2ccc(Cl)cc2)c2ncccc2n1CCO. The summed E-state index contributed by atoms with van der Waals surface area (Å²) in [6, 6.07) is 12.9. The second-order valence-electron chi connectivity index (χ2n) is 6.02. The molecular formula is C20H17ClN6O. The van der Waals surface area contributed by atoms with Crippen LogP contribution in [0.15, 0.2) is 66.0 Å². The van der Waals surface area contributed by atoms with Gasteiger partial charge >= 0.3 is 0 Å². The molecule has 140 valence electrons. The van der Waals surface area contributed by atoms with E-state index in [9.17, 15) is 5.11 Å². The van der Waals surface area contributed by atoms with Gasteiger partial charge in [0.05, 0.1) is 23.3 Å². The van der Waals surface area contributed by atoms with Crippen molar-refractivity contribution in [1.29, 1.82) is 0 Å². The summed E-state index contributed by atoms with van der Waals surface area (Å²) in [6.45, 7) is 0.290. The zero-order valence-electron chi connectivity index (χ0n) is 14.8. The van der Waals surface area contributed by atoms with E-state index in [1.54, 1.807) is 24.7 Å². The Hall–Kier alpha value is -3.29. The Bertz CT molecular complexity index is 1140. The van der Waals surface area contributed by atoms with E-state index in [0.717, 1.165) is 22.2 Å². The number of aliphatic hydroxyl groups is 1. The molecule has 3 N–H and O–H groups in total. The van der Waals surface area contributed by atoms with Crippen LogP contribution in [-0.2, 0) is 6.54 Å². The molecule has 3 aromatic heterocycles. The Morgan fingerprint density at radius 1 is 1.04 bits per heavy atom. The van der Waals surface area contributed by atoms with Gasteiger partial charge in [0.2, 0.25) is 0 Å². The van der Waals surface area contributed by atoms with Crippen LogP contribution < -0.4 is 5.73 Å². The van der Waals surface area contributed by atoms with Crippen LogP contribution in [0.2, 0.25) is 5.02 Å². The van der Waals surface area contributed by atoms with Crippen LogP contribution in [0.3, 0.4) is 0 Å². The van der Waals surface area contributed by atoms with E-state index in [1.165, 1.54) is 0 Å². The lowest BCUT2D eigenvalue weighted by molar-refractivity contribution is 0.278. The Balaban J connectivity index is 2.02. The summed E-state index contributed by atoms with van der Waals surface area (Å²) in [4.78, 5) is 17.2. The van der Waals surface area contributed by atoms with E-state index in [2.05, 4.69) is 19.9 Å². The molecule has 0 fully saturated rings. The third-order valence-electron chi connectivity index (χ3n) is 4.29. The molecule has 0 amide bonds. The number of rotatable bonds is 5. The molecule has 1 aromatic carbocycles. The lowest BCUT2D eigenvalue weighted by atomic mass is 10.0. The zero-order valence-corrected chi connectivity index (χ0v) is 15.6. The molecule has 0 unspecified atom stereocenters. The maximum Gasteiger partial charge on any atom is 0.251 e. The number of hydrogen-bond donors (Lipinski definition) is 2. The van der Waals surface area contributed by atoms with Crippen LogP contribution in [0.1, 0.15) is 5.69 Å². The van der Waals surface area contributed by atoms with Crippen molar-refractivity contribution in [2.75, 3.05) is 6.61 Å². The van der Waals surface area contributed by atoms with Crippen LogP contribution in [0.4, 0.5) is 5.95 Å². The molecule has 28 heavy (non-hydrogen) atoms. The van der Waals surface area contributed by atoms with E-state index in [4.69, 9.17) is 17.3 Å². The predicted molar refractivity (Wildman–Crippen MR) is 110 cm³/mol. The molecular weight excluding hydrogens is 376 g/mol. The van der Waals surface area contributed by atoms with Crippen molar-refractivity contribution in [1.82, 2.24) is 19.5 Å². The normalized spacial score (nSPS) is 11.9. The van der Waals surface area contributed by atoms with Crippen molar-refractivity contribution in [2.24, 2.45) is 10.7 Å². The number of amidine groups is 1. The van der Waals surface area contributed by atoms with Gasteiger partial charge in [-0.25, -0.2) is 9.97 Å². The molecule has 0 saturated carbocycles. The first-order valence-electron chi connectivity index (χ1n) is 8.64. The van der Waals surface area contributed by atoms with Crippen molar-refractivity contribution < 1.29 is 5.11 Å². The Labute approximate surface area is 166 Å². The van der Waals surface area contributed by atoms with Crippen molar-refractivity contribution in [3.63, 3.8) is 0 Å². The van der Waals surface area contributed by atoms with Crippen molar-refractivity contribution in [2.45, 2.75) is 6.54 Å². The number of aliphatic imine (C=N–C) groups is 1. The number of hydrogen-bond acceptors (Lipinski definition) is 5. The fraction of sp³-hybridized carbons (Fsp3) is 0.100. The number of fused-ring (bicyclic) bond motifs is 1. The van der Waals surface area contributed by atoms with Crippen molar-refractivity contribution in [3.05, 3.63) is 71.8 Å². The summed E-state index contributed by atoms with van der Waals surface area (Å²) < 4.78 is 1.91. The minimum Gasteiger partial charge on any atom is -0.395 e. The molecule has 0 aliphatic heterocycles. The van der Waals surface area contributed by atoms with Crippen LogP contribution in [0.25, 0.3) is 22.2 Å². The van der Waals surface area contributed by atoms with Gasteiger partial charge < -0.3 is 15.4 Å². The quantitative estimate of drug-likeness (QED) is 0.401. The minimum absolute atomic E-state index is 0.0547. The second kappa shape index (κ2) is 7.75. The molecule has 8 heteroatoms. The summed E-state index contributed by atoms with van der Waals surface area (Å²) in [5.41, 5.74) is 10.4. The van der Waals surface area contributed by atoms with Gasteiger partial charge in [-0.15, -0.1) is 0 Å². The van der Waals surface area contributed by atoms with E-state index in [-0.39, 0.29) is 18.4 Å². The maximum absolute atomic E-state index is 9.63. The van der Waals surface area contributed by atoms with E-state index in [0.29, 0.717) is 17.3 Å². The molecule has 0 spiro atoms. The first-order valence-corrected chi connectivity index (χ1v) is 9.02. The molecule has 7 nitrogen and oxygen atoms in total. The van der Waals surface area contributed by atoms with Gasteiger partial charge in [0.1, 0.15) is 0 Å². The summed E-state index contributed by atoms with van der Waals surface area (Å²) >= 11 is 6.06. The zero-order chi connectivity index (χ0) is 19.5. The topological polar surface area (TPSA) is 102 Å². The average molecular weight is 393 g/mol. The van der Waals surface area contributed by atoms with Gasteiger partial charge in [0.15, 0.2) is 5.84 Å². The summed E-state index contributed by atoms with van der Waals surface area (Å²) in [6.07, 6.45) is 4.93. The van der Waals surface area contributed by atoms with Crippen LogP contribution in [0.5, 0.6) is 0 Å². The van der Waals surface area contributed by atoms with Crippen LogP contribution in [-0.4, -0.2) is 37.1 Å². The predicted octanol–water partition coefficient (Wildman–Crippen LogP) is 3.18. The van der Waals surface area contributed by atoms with Gasteiger partial charge in [-0.1, -0.05) is 23.7 Å². The largest absolute Gasteiger partial charge is 0.395 e. The molecule has 3 heterocycles. The third-order valence-corrected chi connectivity index (χ3v) is 4.54. The van der Waals surface area contributed by atoms with Crippen molar-refractivity contribution >= 4 is 34.4 Å². The Morgan fingerprint density at radius 3 is 2.46 bits per heavy atom. The molecule has 0 radical (unpaired) electrons. The third kappa shape index (κ3) is 3.33. The summed E-state index contributed by atoms with van der Waals surface area (Å²) in [5.74, 6) is 0.499.